The highest BCUT2D eigenvalue weighted by molar-refractivity contribution is 8.00. The van der Waals surface area contributed by atoms with Gasteiger partial charge in [0.05, 0.1) is 9.85 Å². The SMILES string of the molecule is C[C@H](Sc1ccc([N+](=O)[O-])cc1)C(=O)O[C@@H](C)c1cccc([N+](=O)[O-])c1. The lowest BCUT2D eigenvalue weighted by Gasteiger charge is -2.17. The molecule has 0 aliphatic heterocycles. The van der Waals surface area contributed by atoms with Gasteiger partial charge in [-0.2, -0.15) is 0 Å². The Morgan fingerprint density at radius 1 is 1.00 bits per heavy atom. The number of thioether (sulfide) groups is 1. The molecule has 2 atom stereocenters. The molecule has 0 saturated carbocycles. The van der Waals surface area contributed by atoms with Crippen LogP contribution in [0.1, 0.15) is 25.5 Å². The number of non-ortho nitro benzene ring substituents is 2. The Bertz CT molecular complexity index is 824. The van der Waals surface area contributed by atoms with Gasteiger partial charge in [0.2, 0.25) is 0 Å². The van der Waals surface area contributed by atoms with E-state index in [1.165, 1.54) is 42.1 Å². The van der Waals surface area contributed by atoms with Crippen molar-refractivity contribution in [3.8, 4) is 0 Å². The molecular weight excluding hydrogens is 360 g/mol. The number of benzene rings is 2. The number of ether oxygens (including phenoxy) is 1. The van der Waals surface area contributed by atoms with E-state index in [9.17, 15) is 25.0 Å². The minimum absolute atomic E-state index is 0.0242. The topological polar surface area (TPSA) is 113 Å². The normalized spacial score (nSPS) is 12.8. The summed E-state index contributed by atoms with van der Waals surface area (Å²) >= 11 is 1.21. The van der Waals surface area contributed by atoms with Gasteiger partial charge in [-0.1, -0.05) is 12.1 Å². The third-order valence-corrected chi connectivity index (χ3v) is 4.63. The van der Waals surface area contributed by atoms with E-state index in [0.717, 1.165) is 0 Å². The zero-order chi connectivity index (χ0) is 19.3. The molecule has 0 N–H and O–H groups in total. The molecule has 0 bridgehead atoms. The van der Waals surface area contributed by atoms with Crippen molar-refractivity contribution in [2.24, 2.45) is 0 Å². The Hall–Kier alpha value is -2.94. The lowest BCUT2D eigenvalue weighted by atomic mass is 10.1. The molecule has 8 nitrogen and oxygen atoms in total. The zero-order valence-electron chi connectivity index (χ0n) is 14.0. The molecule has 26 heavy (non-hydrogen) atoms. The fourth-order valence-electron chi connectivity index (χ4n) is 2.13. The van der Waals surface area contributed by atoms with E-state index >= 15 is 0 Å². The number of rotatable bonds is 7. The highest BCUT2D eigenvalue weighted by atomic mass is 32.2. The van der Waals surface area contributed by atoms with Crippen molar-refractivity contribution in [3.05, 3.63) is 74.3 Å². The van der Waals surface area contributed by atoms with Gasteiger partial charge in [-0.15, -0.1) is 11.8 Å². The predicted molar refractivity (Wildman–Crippen MR) is 96.0 cm³/mol. The summed E-state index contributed by atoms with van der Waals surface area (Å²) in [4.78, 5) is 33.4. The summed E-state index contributed by atoms with van der Waals surface area (Å²) in [6.45, 7) is 3.30. The van der Waals surface area contributed by atoms with Crippen LogP contribution in [-0.4, -0.2) is 21.1 Å². The largest absolute Gasteiger partial charge is 0.457 e. The van der Waals surface area contributed by atoms with Gasteiger partial charge >= 0.3 is 5.97 Å². The molecule has 0 heterocycles. The van der Waals surface area contributed by atoms with Crippen LogP contribution in [0, 0.1) is 20.2 Å². The summed E-state index contributed by atoms with van der Waals surface area (Å²) in [5.41, 5.74) is 0.433. The van der Waals surface area contributed by atoms with Gasteiger partial charge < -0.3 is 4.74 Å². The van der Waals surface area contributed by atoms with Gasteiger partial charge in [-0.05, 0) is 31.5 Å². The highest BCUT2D eigenvalue weighted by Gasteiger charge is 2.21. The summed E-state index contributed by atoms with van der Waals surface area (Å²) in [7, 11) is 0. The molecule has 2 rings (SSSR count). The maximum absolute atomic E-state index is 12.2. The van der Waals surface area contributed by atoms with Gasteiger partial charge in [-0.25, -0.2) is 0 Å². The monoisotopic (exact) mass is 376 g/mol. The fraction of sp³-hybridized carbons (Fsp3) is 0.235. The van der Waals surface area contributed by atoms with Crippen LogP contribution in [0.25, 0.3) is 0 Å². The van der Waals surface area contributed by atoms with Crippen LogP contribution in [0.5, 0.6) is 0 Å². The first-order chi connectivity index (χ1) is 12.3. The van der Waals surface area contributed by atoms with Crippen LogP contribution >= 0.6 is 11.8 Å². The standard InChI is InChI=1S/C17H16N2O6S/c1-11(13-4-3-5-15(10-13)19(23)24)25-17(20)12(2)26-16-8-6-14(7-9-16)18(21)22/h3-12H,1-2H3/t11-,12-/m0/s1. The minimum atomic E-state index is -0.637. The van der Waals surface area contributed by atoms with E-state index in [4.69, 9.17) is 4.74 Å². The van der Waals surface area contributed by atoms with E-state index < -0.39 is 27.2 Å². The van der Waals surface area contributed by atoms with Crippen molar-refractivity contribution in [1.29, 1.82) is 0 Å². The number of nitro benzene ring substituents is 2. The van der Waals surface area contributed by atoms with Gasteiger partial charge in [0.15, 0.2) is 0 Å². The third-order valence-electron chi connectivity index (χ3n) is 3.54. The fourth-order valence-corrected chi connectivity index (χ4v) is 2.98. The molecule has 0 amide bonds. The summed E-state index contributed by atoms with van der Waals surface area (Å²) in [5.74, 6) is -0.479. The Kier molecular flexibility index (Phi) is 6.29. The van der Waals surface area contributed by atoms with E-state index in [-0.39, 0.29) is 11.4 Å². The molecule has 2 aromatic carbocycles. The number of nitrogens with zero attached hydrogens (tertiary/aromatic N) is 2. The number of hydrogen-bond donors (Lipinski definition) is 0. The maximum Gasteiger partial charge on any atom is 0.319 e. The molecule has 0 spiro atoms. The third kappa shape index (κ3) is 5.03. The van der Waals surface area contributed by atoms with E-state index in [2.05, 4.69) is 0 Å². The summed E-state index contributed by atoms with van der Waals surface area (Å²) in [5, 5.41) is 20.9. The quantitative estimate of drug-likeness (QED) is 0.306. The summed E-state index contributed by atoms with van der Waals surface area (Å²) in [6.07, 6.45) is -0.637. The molecular formula is C17H16N2O6S. The van der Waals surface area contributed by atoms with Crippen molar-refractivity contribution in [3.63, 3.8) is 0 Å². The van der Waals surface area contributed by atoms with Crippen molar-refractivity contribution < 1.29 is 19.4 Å². The Labute approximate surface area is 153 Å². The van der Waals surface area contributed by atoms with Crippen molar-refractivity contribution in [2.45, 2.75) is 30.1 Å². The second-order valence-electron chi connectivity index (χ2n) is 5.44. The molecule has 0 aliphatic carbocycles. The highest BCUT2D eigenvalue weighted by Crippen LogP contribution is 2.28. The first-order valence-electron chi connectivity index (χ1n) is 7.64. The number of esters is 1. The minimum Gasteiger partial charge on any atom is -0.457 e. The van der Waals surface area contributed by atoms with E-state index in [1.54, 1.807) is 32.0 Å². The zero-order valence-corrected chi connectivity index (χ0v) is 14.8. The molecule has 2 aromatic rings. The van der Waals surface area contributed by atoms with Gasteiger partial charge in [-0.3, -0.25) is 25.0 Å². The number of carbonyl (C=O) groups is 1. The van der Waals surface area contributed by atoms with Gasteiger partial charge in [0.1, 0.15) is 11.4 Å². The molecule has 9 heteroatoms. The Morgan fingerprint density at radius 3 is 2.19 bits per heavy atom. The van der Waals surface area contributed by atoms with Crippen LogP contribution in [0.4, 0.5) is 11.4 Å². The van der Waals surface area contributed by atoms with Crippen LogP contribution in [-0.2, 0) is 9.53 Å². The van der Waals surface area contributed by atoms with E-state index in [1.807, 2.05) is 0 Å². The second kappa shape index (κ2) is 8.43. The number of carbonyl (C=O) groups excluding carboxylic acids is 1. The van der Waals surface area contributed by atoms with Crippen molar-refractivity contribution in [2.75, 3.05) is 0 Å². The maximum atomic E-state index is 12.2. The first kappa shape index (κ1) is 19.4. The number of hydrogen-bond acceptors (Lipinski definition) is 7. The van der Waals surface area contributed by atoms with Crippen LogP contribution in [0.15, 0.2) is 53.4 Å². The van der Waals surface area contributed by atoms with Gasteiger partial charge in [0.25, 0.3) is 11.4 Å². The lowest BCUT2D eigenvalue weighted by molar-refractivity contribution is -0.385. The van der Waals surface area contributed by atoms with Crippen molar-refractivity contribution in [1.82, 2.24) is 0 Å². The van der Waals surface area contributed by atoms with E-state index in [0.29, 0.717) is 10.5 Å². The summed E-state index contributed by atoms with van der Waals surface area (Å²) in [6, 6.07) is 11.8. The second-order valence-corrected chi connectivity index (χ2v) is 6.86. The van der Waals surface area contributed by atoms with Crippen LogP contribution in [0.2, 0.25) is 0 Å². The average Bonchev–Trinajstić information content (AvgIpc) is 2.62. The average molecular weight is 376 g/mol. The lowest BCUT2D eigenvalue weighted by Crippen LogP contribution is -2.18. The molecule has 0 aliphatic rings. The summed E-state index contributed by atoms with van der Waals surface area (Å²) < 4.78 is 5.38. The predicted octanol–water partition coefficient (Wildman–Crippen LogP) is 4.29. The Morgan fingerprint density at radius 2 is 1.62 bits per heavy atom. The number of nitro groups is 2. The van der Waals surface area contributed by atoms with Crippen LogP contribution in [0.3, 0.4) is 0 Å². The first-order valence-corrected chi connectivity index (χ1v) is 8.52. The van der Waals surface area contributed by atoms with Gasteiger partial charge in [0, 0.05) is 29.2 Å². The molecule has 0 aromatic heterocycles. The molecule has 0 unspecified atom stereocenters. The van der Waals surface area contributed by atoms with Crippen molar-refractivity contribution >= 4 is 29.1 Å². The smallest absolute Gasteiger partial charge is 0.319 e. The molecule has 0 fully saturated rings. The Balaban J connectivity index is 1.98. The van der Waals surface area contributed by atoms with Crippen LogP contribution < -0.4 is 0 Å². The molecule has 136 valence electrons. The molecule has 0 radical (unpaired) electrons. The molecule has 0 saturated heterocycles.